The number of anilines is 1. The Balaban J connectivity index is 1.60. The summed E-state index contributed by atoms with van der Waals surface area (Å²) in [5, 5.41) is 6.04. The molecule has 6 heteroatoms. The fourth-order valence-corrected chi connectivity index (χ4v) is 3.45. The summed E-state index contributed by atoms with van der Waals surface area (Å²) >= 11 is 6.17. The van der Waals surface area contributed by atoms with E-state index in [1.165, 1.54) is 18.4 Å². The van der Waals surface area contributed by atoms with Crippen molar-refractivity contribution in [3.63, 3.8) is 0 Å². The Bertz CT molecular complexity index is 681. The van der Waals surface area contributed by atoms with E-state index >= 15 is 0 Å². The Kier molecular flexibility index (Phi) is 5.97. The van der Waals surface area contributed by atoms with Gasteiger partial charge in [0.1, 0.15) is 0 Å². The molecule has 3 rings (SSSR count). The number of halogens is 1. The fraction of sp³-hybridized carbons (Fsp3) is 0.474. The first kappa shape index (κ1) is 17.8. The van der Waals surface area contributed by atoms with Gasteiger partial charge in [-0.1, -0.05) is 23.3 Å². The van der Waals surface area contributed by atoms with E-state index in [4.69, 9.17) is 11.6 Å². The van der Waals surface area contributed by atoms with Crippen LogP contribution in [0.4, 0.5) is 10.5 Å². The summed E-state index contributed by atoms with van der Waals surface area (Å²) in [7, 11) is 0. The molecule has 1 aromatic rings. The summed E-state index contributed by atoms with van der Waals surface area (Å²) < 4.78 is 0. The maximum Gasteiger partial charge on any atom is 0.319 e. The van der Waals surface area contributed by atoms with E-state index in [0.29, 0.717) is 22.8 Å². The van der Waals surface area contributed by atoms with Crippen LogP contribution < -0.4 is 10.6 Å². The second kappa shape index (κ2) is 8.39. The van der Waals surface area contributed by atoms with Crippen molar-refractivity contribution in [2.45, 2.75) is 38.5 Å². The average Bonchev–Trinajstić information content (AvgIpc) is 3.17. The van der Waals surface area contributed by atoms with Crippen molar-refractivity contribution in [1.82, 2.24) is 10.2 Å². The first-order valence-corrected chi connectivity index (χ1v) is 9.33. The van der Waals surface area contributed by atoms with Crippen molar-refractivity contribution in [2.24, 2.45) is 0 Å². The first-order valence-electron chi connectivity index (χ1n) is 8.95. The number of carbonyl (C=O) groups is 2. The second-order valence-corrected chi connectivity index (χ2v) is 7.02. The lowest BCUT2D eigenvalue weighted by Gasteiger charge is -2.17. The van der Waals surface area contributed by atoms with E-state index < -0.39 is 0 Å². The lowest BCUT2D eigenvalue weighted by molar-refractivity contribution is 0.0793. The van der Waals surface area contributed by atoms with Gasteiger partial charge in [-0.2, -0.15) is 0 Å². The van der Waals surface area contributed by atoms with Crippen LogP contribution in [0.15, 0.2) is 29.8 Å². The smallest absolute Gasteiger partial charge is 0.319 e. The largest absolute Gasteiger partial charge is 0.339 e. The minimum absolute atomic E-state index is 0.00927. The number of hydrogen-bond donors (Lipinski definition) is 2. The minimum atomic E-state index is -0.306. The van der Waals surface area contributed by atoms with Gasteiger partial charge in [0.15, 0.2) is 0 Å². The van der Waals surface area contributed by atoms with E-state index in [0.717, 1.165) is 38.8 Å². The molecule has 1 heterocycles. The van der Waals surface area contributed by atoms with Crippen LogP contribution in [0.5, 0.6) is 0 Å². The van der Waals surface area contributed by atoms with Crippen molar-refractivity contribution >= 4 is 29.2 Å². The van der Waals surface area contributed by atoms with Gasteiger partial charge in [-0.25, -0.2) is 4.79 Å². The Hall–Kier alpha value is -2.01. The second-order valence-electron chi connectivity index (χ2n) is 6.61. The Labute approximate surface area is 153 Å². The van der Waals surface area contributed by atoms with E-state index in [-0.39, 0.29) is 11.9 Å². The van der Waals surface area contributed by atoms with E-state index in [1.807, 2.05) is 4.90 Å². The quantitative estimate of drug-likeness (QED) is 0.789. The molecule has 0 unspecified atom stereocenters. The van der Waals surface area contributed by atoms with Crippen LogP contribution in [-0.4, -0.2) is 36.5 Å². The van der Waals surface area contributed by atoms with Gasteiger partial charge < -0.3 is 15.5 Å². The monoisotopic (exact) mass is 361 g/mol. The van der Waals surface area contributed by atoms with Gasteiger partial charge in [-0.05, 0) is 56.7 Å². The van der Waals surface area contributed by atoms with Crippen LogP contribution in [0, 0.1) is 0 Å². The van der Waals surface area contributed by atoms with Gasteiger partial charge in [0.25, 0.3) is 5.91 Å². The minimum Gasteiger partial charge on any atom is -0.339 e. The fourth-order valence-electron chi connectivity index (χ4n) is 3.28. The summed E-state index contributed by atoms with van der Waals surface area (Å²) in [6.45, 7) is 2.13. The zero-order valence-electron chi connectivity index (χ0n) is 14.3. The molecule has 0 atom stereocenters. The third-order valence-corrected chi connectivity index (χ3v) is 5.05. The molecular formula is C19H24ClN3O2. The van der Waals surface area contributed by atoms with Crippen LogP contribution in [-0.2, 0) is 0 Å². The summed E-state index contributed by atoms with van der Waals surface area (Å²) in [6, 6.07) is 4.71. The zero-order valence-corrected chi connectivity index (χ0v) is 15.1. The van der Waals surface area contributed by atoms with Crippen molar-refractivity contribution in [3.8, 4) is 0 Å². The van der Waals surface area contributed by atoms with Crippen molar-refractivity contribution in [1.29, 1.82) is 0 Å². The van der Waals surface area contributed by atoms with E-state index in [9.17, 15) is 9.59 Å². The van der Waals surface area contributed by atoms with Crippen LogP contribution in [0.3, 0.4) is 0 Å². The van der Waals surface area contributed by atoms with Crippen LogP contribution in [0.1, 0.15) is 48.9 Å². The maximum absolute atomic E-state index is 12.5. The van der Waals surface area contributed by atoms with E-state index in [1.54, 1.807) is 18.2 Å². The molecule has 1 saturated heterocycles. The van der Waals surface area contributed by atoms with Gasteiger partial charge in [-0.15, -0.1) is 0 Å². The molecule has 1 aliphatic heterocycles. The highest BCUT2D eigenvalue weighted by Gasteiger charge is 2.20. The number of nitrogens with zero attached hydrogens (tertiary/aromatic N) is 1. The van der Waals surface area contributed by atoms with Crippen molar-refractivity contribution < 1.29 is 9.59 Å². The third-order valence-electron chi connectivity index (χ3n) is 4.72. The summed E-state index contributed by atoms with van der Waals surface area (Å²) in [4.78, 5) is 26.5. The summed E-state index contributed by atoms with van der Waals surface area (Å²) in [5.74, 6) is -0.00927. The lowest BCUT2D eigenvalue weighted by atomic mass is 10.00. The number of likely N-dealkylation sites (tertiary alicyclic amines) is 1. The molecule has 134 valence electrons. The lowest BCUT2D eigenvalue weighted by Crippen LogP contribution is -2.31. The van der Waals surface area contributed by atoms with Crippen LogP contribution >= 0.6 is 11.6 Å². The molecular weight excluding hydrogens is 338 g/mol. The Morgan fingerprint density at radius 2 is 1.92 bits per heavy atom. The molecule has 1 aromatic carbocycles. The highest BCUT2D eigenvalue weighted by molar-refractivity contribution is 6.33. The van der Waals surface area contributed by atoms with Gasteiger partial charge in [0.05, 0.1) is 10.7 Å². The highest BCUT2D eigenvalue weighted by atomic mass is 35.5. The van der Waals surface area contributed by atoms with Gasteiger partial charge in [0, 0.05) is 25.2 Å². The number of allylic oxidation sites excluding steroid dienone is 1. The molecule has 25 heavy (non-hydrogen) atoms. The number of nitrogens with one attached hydrogen (secondary N) is 2. The molecule has 5 nitrogen and oxygen atoms in total. The molecule has 0 saturated carbocycles. The molecule has 2 N–H and O–H groups in total. The van der Waals surface area contributed by atoms with Crippen LogP contribution in [0.2, 0.25) is 5.02 Å². The number of carbonyl (C=O) groups excluding carboxylic acids is 2. The number of benzene rings is 1. The highest BCUT2D eigenvalue weighted by Crippen LogP contribution is 2.24. The third kappa shape index (κ3) is 4.75. The molecule has 0 spiro atoms. The number of amides is 3. The summed E-state index contributed by atoms with van der Waals surface area (Å²) in [5.41, 5.74) is 2.28. The Morgan fingerprint density at radius 1 is 1.12 bits per heavy atom. The number of urea groups is 1. The van der Waals surface area contributed by atoms with Gasteiger partial charge in [0.2, 0.25) is 0 Å². The topological polar surface area (TPSA) is 61.4 Å². The molecule has 1 fully saturated rings. The van der Waals surface area contributed by atoms with Crippen molar-refractivity contribution in [3.05, 3.63) is 40.4 Å². The molecule has 2 aliphatic rings. The predicted octanol–water partition coefficient (Wildman–Crippen LogP) is 4.20. The zero-order chi connectivity index (χ0) is 17.6. The normalized spacial score (nSPS) is 17.2. The first-order chi connectivity index (χ1) is 12.1. The standard InChI is InChI=1S/C19H24ClN3O2/c20-16-9-8-15(18(24)23-10-4-5-11-23)12-17(16)22-19(25)21-13-14-6-2-1-3-7-14/h6,8-9,12H,1-5,7,10-11,13H2,(H2,21,22,25). The van der Waals surface area contributed by atoms with Crippen molar-refractivity contribution in [2.75, 3.05) is 25.0 Å². The Morgan fingerprint density at radius 3 is 2.64 bits per heavy atom. The molecule has 0 aromatic heterocycles. The van der Waals surface area contributed by atoms with E-state index in [2.05, 4.69) is 16.7 Å². The van der Waals surface area contributed by atoms with Crippen LogP contribution in [0.25, 0.3) is 0 Å². The molecule has 3 amide bonds. The SMILES string of the molecule is O=C(NCC1=CCCCC1)Nc1cc(C(=O)N2CCCC2)ccc1Cl. The predicted molar refractivity (Wildman–Crippen MR) is 100 cm³/mol. The molecule has 0 bridgehead atoms. The average molecular weight is 362 g/mol. The molecule has 0 radical (unpaired) electrons. The number of hydrogen-bond acceptors (Lipinski definition) is 2. The molecule has 1 aliphatic carbocycles. The van der Waals surface area contributed by atoms with Gasteiger partial charge >= 0.3 is 6.03 Å². The number of rotatable bonds is 4. The van der Waals surface area contributed by atoms with Gasteiger partial charge in [-0.3, -0.25) is 4.79 Å². The maximum atomic E-state index is 12.5. The summed E-state index contributed by atoms with van der Waals surface area (Å²) in [6.07, 6.45) is 8.83.